The summed E-state index contributed by atoms with van der Waals surface area (Å²) in [5, 5.41) is 3.42. The Balaban J connectivity index is 1.68. The molecule has 0 bridgehead atoms. The van der Waals surface area contributed by atoms with Gasteiger partial charge in [-0.05, 0) is 25.1 Å². The Morgan fingerprint density at radius 3 is 2.68 bits per heavy atom. The van der Waals surface area contributed by atoms with Crippen molar-refractivity contribution in [2.75, 3.05) is 26.1 Å². The number of amides is 1. The number of methoxy groups -OCH3 is 1. The summed E-state index contributed by atoms with van der Waals surface area (Å²) in [6.45, 7) is 2.21. The number of benzene rings is 2. The van der Waals surface area contributed by atoms with E-state index in [-0.39, 0.29) is 12.5 Å². The van der Waals surface area contributed by atoms with Crippen molar-refractivity contribution < 1.29 is 18.7 Å². The highest BCUT2D eigenvalue weighted by Crippen LogP contribution is 2.39. The van der Waals surface area contributed by atoms with Crippen LogP contribution in [0.25, 0.3) is 11.3 Å². The minimum Gasteiger partial charge on any atom is -0.496 e. The molecule has 4 rings (SSSR count). The number of nitrogens with zero attached hydrogens (tertiary/aromatic N) is 2. The number of anilines is 1. The summed E-state index contributed by atoms with van der Waals surface area (Å²) < 4.78 is 16.8. The molecule has 144 valence electrons. The lowest BCUT2D eigenvalue weighted by Crippen LogP contribution is -2.59. The molecule has 0 aliphatic carbocycles. The Kier molecular flexibility index (Phi) is 4.43. The Bertz CT molecular complexity index is 988. The molecule has 1 atom stereocenters. The lowest BCUT2D eigenvalue weighted by molar-refractivity contribution is 0.0507. The van der Waals surface area contributed by atoms with Gasteiger partial charge in [0.2, 0.25) is 0 Å². The largest absolute Gasteiger partial charge is 0.496 e. The van der Waals surface area contributed by atoms with Gasteiger partial charge in [0, 0.05) is 13.1 Å². The van der Waals surface area contributed by atoms with Crippen LogP contribution in [0.1, 0.15) is 17.3 Å². The summed E-state index contributed by atoms with van der Waals surface area (Å²) >= 11 is 0. The minimum atomic E-state index is -0.724. The number of hydrogen-bond donors (Lipinski definition) is 1. The zero-order valence-electron chi connectivity index (χ0n) is 15.9. The molecule has 0 saturated carbocycles. The van der Waals surface area contributed by atoms with Crippen molar-refractivity contribution in [3.63, 3.8) is 0 Å². The third-order valence-corrected chi connectivity index (χ3v) is 4.98. The Labute approximate surface area is 162 Å². The van der Waals surface area contributed by atoms with Crippen LogP contribution in [0, 0.1) is 0 Å². The van der Waals surface area contributed by atoms with Crippen molar-refractivity contribution in [2.45, 2.75) is 12.6 Å². The quantitative estimate of drug-likeness (QED) is 0.729. The van der Waals surface area contributed by atoms with Crippen LogP contribution in [-0.4, -0.2) is 42.2 Å². The summed E-state index contributed by atoms with van der Waals surface area (Å²) in [5.74, 6) is 1.76. The molecule has 1 N–H and O–H groups in total. The van der Waals surface area contributed by atoms with Crippen LogP contribution in [-0.2, 0) is 0 Å². The molecule has 2 aromatic carbocycles. The van der Waals surface area contributed by atoms with Crippen LogP contribution < -0.4 is 14.8 Å². The first-order chi connectivity index (χ1) is 13.5. The Hall–Kier alpha value is -3.48. The highest BCUT2D eigenvalue weighted by atomic mass is 16.5. The molecule has 28 heavy (non-hydrogen) atoms. The van der Waals surface area contributed by atoms with Gasteiger partial charge in [-0.15, -0.1) is 0 Å². The zero-order chi connectivity index (χ0) is 19.7. The number of aromatic nitrogens is 1. The van der Waals surface area contributed by atoms with E-state index in [0.29, 0.717) is 28.3 Å². The lowest BCUT2D eigenvalue weighted by Gasteiger charge is -2.44. The van der Waals surface area contributed by atoms with E-state index in [1.54, 1.807) is 37.4 Å². The summed E-state index contributed by atoms with van der Waals surface area (Å²) in [6.07, 6.45) is 2.94. The average Bonchev–Trinajstić information content (AvgIpc) is 3.25. The van der Waals surface area contributed by atoms with Crippen LogP contribution >= 0.6 is 0 Å². The van der Waals surface area contributed by atoms with Gasteiger partial charge in [-0.2, -0.15) is 0 Å². The third kappa shape index (κ3) is 3.05. The summed E-state index contributed by atoms with van der Waals surface area (Å²) in [6, 6.07) is 13.1. The van der Waals surface area contributed by atoms with Crippen LogP contribution in [0.2, 0.25) is 0 Å². The number of oxazole rings is 1. The zero-order valence-corrected chi connectivity index (χ0v) is 15.9. The van der Waals surface area contributed by atoms with E-state index < -0.39 is 5.66 Å². The maximum atomic E-state index is 13.1. The van der Waals surface area contributed by atoms with E-state index in [4.69, 9.17) is 13.9 Å². The SMILES string of the molecule is COc1cc2c(cc1-c1cnco1)C(=O)N(C)C(C)(COc1ccccc1)N2. The number of hydrogen-bond acceptors (Lipinski definition) is 6. The minimum absolute atomic E-state index is 0.115. The van der Waals surface area contributed by atoms with Gasteiger partial charge >= 0.3 is 0 Å². The molecule has 1 amide bonds. The topological polar surface area (TPSA) is 76.8 Å². The maximum absolute atomic E-state index is 13.1. The van der Waals surface area contributed by atoms with Crippen LogP contribution in [0.3, 0.4) is 0 Å². The number of fused-ring (bicyclic) bond motifs is 1. The van der Waals surface area contributed by atoms with E-state index in [9.17, 15) is 4.79 Å². The highest BCUT2D eigenvalue weighted by Gasteiger charge is 2.40. The van der Waals surface area contributed by atoms with Crippen molar-refractivity contribution in [3.8, 4) is 22.8 Å². The number of rotatable bonds is 5. The fraction of sp³-hybridized carbons (Fsp3) is 0.238. The van der Waals surface area contributed by atoms with Gasteiger partial charge in [0.25, 0.3) is 5.91 Å². The number of nitrogens with one attached hydrogen (secondary N) is 1. The second-order valence-electron chi connectivity index (χ2n) is 6.83. The van der Waals surface area contributed by atoms with Crippen LogP contribution in [0.5, 0.6) is 11.5 Å². The van der Waals surface area contributed by atoms with Crippen molar-refractivity contribution in [1.82, 2.24) is 9.88 Å². The normalized spacial score (nSPS) is 18.4. The fourth-order valence-corrected chi connectivity index (χ4v) is 3.22. The molecule has 0 radical (unpaired) electrons. The summed E-state index contributed by atoms with van der Waals surface area (Å²) in [7, 11) is 3.33. The number of carbonyl (C=O) groups excluding carboxylic acids is 1. The molecule has 2 heterocycles. The molecular formula is C21H21N3O4. The van der Waals surface area contributed by atoms with Gasteiger partial charge in [0.1, 0.15) is 23.8 Å². The Morgan fingerprint density at radius 2 is 2.00 bits per heavy atom. The maximum Gasteiger partial charge on any atom is 0.257 e. The van der Waals surface area contributed by atoms with Crippen LogP contribution in [0.15, 0.2) is 59.5 Å². The van der Waals surface area contributed by atoms with E-state index in [1.165, 1.54) is 6.39 Å². The van der Waals surface area contributed by atoms with E-state index >= 15 is 0 Å². The smallest absolute Gasteiger partial charge is 0.257 e. The van der Waals surface area contributed by atoms with Gasteiger partial charge < -0.3 is 24.1 Å². The number of likely N-dealkylation sites (N-methyl/N-ethyl adjacent to an activating group) is 1. The third-order valence-electron chi connectivity index (χ3n) is 4.98. The molecule has 7 nitrogen and oxygen atoms in total. The molecule has 1 aliphatic rings. The molecule has 1 aromatic heterocycles. The molecular weight excluding hydrogens is 358 g/mol. The van der Waals surface area contributed by atoms with Crippen molar-refractivity contribution in [2.24, 2.45) is 0 Å². The molecule has 0 fully saturated rings. The average molecular weight is 379 g/mol. The van der Waals surface area contributed by atoms with E-state index in [2.05, 4.69) is 10.3 Å². The first kappa shape index (κ1) is 17.9. The molecule has 1 unspecified atom stereocenters. The van der Waals surface area contributed by atoms with Crippen molar-refractivity contribution in [1.29, 1.82) is 0 Å². The molecule has 7 heteroatoms. The highest BCUT2D eigenvalue weighted by molar-refractivity contribution is 6.03. The second-order valence-corrected chi connectivity index (χ2v) is 6.83. The molecule has 3 aromatic rings. The predicted octanol–water partition coefficient (Wildman–Crippen LogP) is 3.64. The van der Waals surface area contributed by atoms with Crippen molar-refractivity contribution in [3.05, 3.63) is 60.6 Å². The number of para-hydroxylation sites is 1. The van der Waals surface area contributed by atoms with Gasteiger partial charge in [-0.3, -0.25) is 4.79 Å². The monoisotopic (exact) mass is 379 g/mol. The van der Waals surface area contributed by atoms with Crippen molar-refractivity contribution >= 4 is 11.6 Å². The first-order valence-electron chi connectivity index (χ1n) is 8.87. The molecule has 0 spiro atoms. The summed E-state index contributed by atoms with van der Waals surface area (Å²) in [5.41, 5.74) is 1.17. The van der Waals surface area contributed by atoms with Crippen LogP contribution in [0.4, 0.5) is 5.69 Å². The van der Waals surface area contributed by atoms with Gasteiger partial charge in [-0.1, -0.05) is 18.2 Å². The first-order valence-corrected chi connectivity index (χ1v) is 8.87. The van der Waals surface area contributed by atoms with E-state index in [1.807, 2.05) is 37.3 Å². The summed E-state index contributed by atoms with van der Waals surface area (Å²) in [4.78, 5) is 18.7. The lowest BCUT2D eigenvalue weighted by atomic mass is 9.98. The molecule has 1 aliphatic heterocycles. The Morgan fingerprint density at radius 1 is 1.21 bits per heavy atom. The fourth-order valence-electron chi connectivity index (χ4n) is 3.22. The van der Waals surface area contributed by atoms with Gasteiger partial charge in [0.05, 0.1) is 30.1 Å². The van der Waals surface area contributed by atoms with Gasteiger partial charge in [-0.25, -0.2) is 4.98 Å². The van der Waals surface area contributed by atoms with E-state index in [0.717, 1.165) is 5.75 Å². The standard InChI is InChI=1S/C21H21N3O4/c1-21(12-27-14-7-5-4-6-8-14)23-17-10-18(26-3)16(19-11-22-13-28-19)9-15(17)20(25)24(21)2/h4-11,13,23H,12H2,1-3H3. The number of carbonyl (C=O) groups is 1. The predicted molar refractivity (Wildman–Crippen MR) is 105 cm³/mol. The second kappa shape index (κ2) is 6.92. The van der Waals surface area contributed by atoms with Gasteiger partial charge in [0.15, 0.2) is 12.2 Å². The molecule has 0 saturated heterocycles. The number of ether oxygens (including phenoxy) is 2.